The molecule has 0 radical (unpaired) electrons. The van der Waals surface area contributed by atoms with Crippen LogP contribution in [0.5, 0.6) is 5.75 Å². The van der Waals surface area contributed by atoms with E-state index in [1.807, 2.05) is 25.2 Å². The lowest BCUT2D eigenvalue weighted by atomic mass is 10.0. The third kappa shape index (κ3) is 5.57. The maximum absolute atomic E-state index is 9.13. The Balaban J connectivity index is 2.75. The number of nitrogens with two attached hydrogens (primary N) is 1. The summed E-state index contributed by atoms with van der Waals surface area (Å²) < 4.78 is 6.00. The van der Waals surface area contributed by atoms with E-state index in [2.05, 4.69) is 29.7 Å². The van der Waals surface area contributed by atoms with Gasteiger partial charge in [0, 0.05) is 25.2 Å². The fourth-order valence-corrected chi connectivity index (χ4v) is 2.57. The number of rotatable bonds is 11. The van der Waals surface area contributed by atoms with Crippen molar-refractivity contribution >= 4 is 0 Å². The molecular formula is C17H31N3O2. The average Bonchev–Trinajstić information content (AvgIpc) is 2.54. The molecule has 0 amide bonds. The zero-order chi connectivity index (χ0) is 16.4. The molecule has 0 saturated heterocycles. The third-order valence-corrected chi connectivity index (χ3v) is 4.05. The topological polar surface area (TPSA) is 62.0 Å². The van der Waals surface area contributed by atoms with Crippen molar-refractivity contribution in [3.63, 3.8) is 0 Å². The van der Waals surface area contributed by atoms with Crippen LogP contribution in [0.2, 0.25) is 0 Å². The minimum atomic E-state index is 0.0526. The first-order valence-electron chi connectivity index (χ1n) is 8.13. The van der Waals surface area contributed by atoms with Gasteiger partial charge in [0.25, 0.3) is 0 Å². The Bertz CT molecular complexity index is 411. The predicted octanol–water partition coefficient (Wildman–Crippen LogP) is 1.33. The van der Waals surface area contributed by atoms with Crippen molar-refractivity contribution in [3.8, 4) is 5.75 Å². The molecule has 0 spiro atoms. The van der Waals surface area contributed by atoms with E-state index in [0.29, 0.717) is 19.7 Å². The van der Waals surface area contributed by atoms with Gasteiger partial charge in [0.15, 0.2) is 0 Å². The highest BCUT2D eigenvalue weighted by atomic mass is 16.5. The molecule has 0 saturated carbocycles. The normalized spacial score (nSPS) is 12.9. The van der Waals surface area contributed by atoms with Gasteiger partial charge in [-0.3, -0.25) is 4.90 Å². The molecule has 22 heavy (non-hydrogen) atoms. The van der Waals surface area contributed by atoms with Gasteiger partial charge in [-0.05, 0) is 26.2 Å². The number of hydrogen-bond donors (Lipinski definition) is 2. The van der Waals surface area contributed by atoms with Gasteiger partial charge in [-0.25, -0.2) is 0 Å². The lowest BCUT2D eigenvalue weighted by Crippen LogP contribution is -2.33. The molecule has 0 fully saturated rings. The largest absolute Gasteiger partial charge is 0.492 e. The average molecular weight is 309 g/mol. The number of hydrogen-bond acceptors (Lipinski definition) is 5. The van der Waals surface area contributed by atoms with Crippen molar-refractivity contribution in [2.75, 3.05) is 53.0 Å². The molecule has 0 bridgehead atoms. The summed E-state index contributed by atoms with van der Waals surface area (Å²) in [5.41, 5.74) is 7.02. The zero-order valence-corrected chi connectivity index (χ0v) is 14.2. The van der Waals surface area contributed by atoms with E-state index >= 15 is 0 Å². The summed E-state index contributed by atoms with van der Waals surface area (Å²) in [4.78, 5) is 4.40. The van der Waals surface area contributed by atoms with Gasteiger partial charge >= 0.3 is 0 Å². The first-order valence-corrected chi connectivity index (χ1v) is 8.13. The van der Waals surface area contributed by atoms with Crippen LogP contribution in [0.3, 0.4) is 0 Å². The second-order valence-electron chi connectivity index (χ2n) is 5.37. The first-order chi connectivity index (χ1) is 10.7. The molecular weight excluding hydrogens is 278 g/mol. The van der Waals surface area contributed by atoms with E-state index in [4.69, 9.17) is 15.6 Å². The van der Waals surface area contributed by atoms with Gasteiger partial charge in [-0.1, -0.05) is 32.0 Å². The van der Waals surface area contributed by atoms with Crippen molar-refractivity contribution < 1.29 is 9.84 Å². The van der Waals surface area contributed by atoms with Crippen LogP contribution >= 0.6 is 0 Å². The SMILES string of the molecule is CCN(CC)CCOc1ccccc1C(CN)N(C)CCO. The molecule has 1 rings (SSSR count). The quantitative estimate of drug-likeness (QED) is 0.646. The van der Waals surface area contributed by atoms with E-state index in [1.165, 1.54) is 0 Å². The number of likely N-dealkylation sites (N-methyl/N-ethyl adjacent to an activating group) is 2. The smallest absolute Gasteiger partial charge is 0.124 e. The Hall–Kier alpha value is -1.14. The Morgan fingerprint density at radius 1 is 1.18 bits per heavy atom. The molecule has 3 N–H and O–H groups in total. The second-order valence-corrected chi connectivity index (χ2v) is 5.37. The number of aliphatic hydroxyl groups excluding tert-OH is 1. The molecule has 0 aliphatic carbocycles. The summed E-state index contributed by atoms with van der Waals surface area (Å²) in [6.45, 7) is 9.18. The van der Waals surface area contributed by atoms with Crippen LogP contribution in [0.4, 0.5) is 0 Å². The van der Waals surface area contributed by atoms with Crippen molar-refractivity contribution in [2.45, 2.75) is 19.9 Å². The van der Waals surface area contributed by atoms with E-state index in [-0.39, 0.29) is 12.6 Å². The summed E-state index contributed by atoms with van der Waals surface area (Å²) in [6.07, 6.45) is 0. The summed E-state index contributed by atoms with van der Waals surface area (Å²) in [5.74, 6) is 0.884. The summed E-state index contributed by atoms with van der Waals surface area (Å²) in [6, 6.07) is 8.08. The summed E-state index contributed by atoms with van der Waals surface area (Å²) in [7, 11) is 1.97. The minimum Gasteiger partial charge on any atom is -0.492 e. The van der Waals surface area contributed by atoms with Crippen molar-refractivity contribution in [2.24, 2.45) is 5.73 Å². The van der Waals surface area contributed by atoms with Crippen LogP contribution in [-0.4, -0.2) is 67.9 Å². The van der Waals surface area contributed by atoms with Gasteiger partial charge in [-0.2, -0.15) is 0 Å². The maximum atomic E-state index is 9.13. The van der Waals surface area contributed by atoms with E-state index in [9.17, 15) is 0 Å². The maximum Gasteiger partial charge on any atom is 0.124 e. The highest BCUT2D eigenvalue weighted by molar-refractivity contribution is 5.36. The van der Waals surface area contributed by atoms with Crippen LogP contribution in [0, 0.1) is 0 Å². The monoisotopic (exact) mass is 309 g/mol. The van der Waals surface area contributed by atoms with Gasteiger partial charge in [0.05, 0.1) is 12.6 Å². The van der Waals surface area contributed by atoms with Crippen molar-refractivity contribution in [1.29, 1.82) is 0 Å². The molecule has 1 aromatic rings. The van der Waals surface area contributed by atoms with Crippen LogP contribution in [0.15, 0.2) is 24.3 Å². The number of benzene rings is 1. The summed E-state index contributed by atoms with van der Waals surface area (Å²) in [5, 5.41) is 9.13. The molecule has 0 aromatic heterocycles. The molecule has 0 aliphatic heterocycles. The fourth-order valence-electron chi connectivity index (χ4n) is 2.57. The highest BCUT2D eigenvalue weighted by Gasteiger charge is 2.19. The van der Waals surface area contributed by atoms with E-state index < -0.39 is 0 Å². The van der Waals surface area contributed by atoms with Crippen LogP contribution < -0.4 is 10.5 Å². The molecule has 1 aromatic carbocycles. The standard InChI is InChI=1S/C17H31N3O2/c1-4-20(5-2)11-13-22-17-9-7-6-8-15(17)16(14-18)19(3)10-12-21/h6-9,16,21H,4-5,10-14,18H2,1-3H3. The molecule has 1 unspecified atom stereocenters. The number of nitrogens with zero attached hydrogens (tertiary/aromatic N) is 2. The Labute approximate surface area is 134 Å². The van der Waals surface area contributed by atoms with Crippen LogP contribution in [0.1, 0.15) is 25.5 Å². The van der Waals surface area contributed by atoms with E-state index in [1.54, 1.807) is 0 Å². The predicted molar refractivity (Wildman–Crippen MR) is 91.2 cm³/mol. The third-order valence-electron chi connectivity index (χ3n) is 4.05. The van der Waals surface area contributed by atoms with Crippen LogP contribution in [-0.2, 0) is 0 Å². The van der Waals surface area contributed by atoms with Crippen molar-refractivity contribution in [3.05, 3.63) is 29.8 Å². The number of para-hydroxylation sites is 1. The molecule has 1 atom stereocenters. The van der Waals surface area contributed by atoms with Crippen molar-refractivity contribution in [1.82, 2.24) is 9.80 Å². The van der Waals surface area contributed by atoms with Gasteiger partial charge < -0.3 is 20.5 Å². The Kier molecular flexibility index (Phi) is 9.08. The highest BCUT2D eigenvalue weighted by Crippen LogP contribution is 2.27. The molecule has 0 aliphatic rings. The number of ether oxygens (including phenoxy) is 1. The van der Waals surface area contributed by atoms with Gasteiger partial charge in [0.2, 0.25) is 0 Å². The molecule has 0 heterocycles. The lowest BCUT2D eigenvalue weighted by Gasteiger charge is -2.28. The Morgan fingerprint density at radius 2 is 1.86 bits per heavy atom. The number of aliphatic hydroxyl groups is 1. The first kappa shape index (κ1) is 18.9. The molecule has 126 valence electrons. The van der Waals surface area contributed by atoms with E-state index in [0.717, 1.165) is 30.9 Å². The lowest BCUT2D eigenvalue weighted by molar-refractivity contribution is 0.177. The minimum absolute atomic E-state index is 0.0526. The summed E-state index contributed by atoms with van der Waals surface area (Å²) >= 11 is 0. The van der Waals surface area contributed by atoms with Gasteiger partial charge in [-0.15, -0.1) is 0 Å². The van der Waals surface area contributed by atoms with Crippen LogP contribution in [0.25, 0.3) is 0 Å². The second kappa shape index (κ2) is 10.6. The molecule has 5 heteroatoms. The fraction of sp³-hybridized carbons (Fsp3) is 0.647. The Morgan fingerprint density at radius 3 is 2.45 bits per heavy atom. The zero-order valence-electron chi connectivity index (χ0n) is 14.2. The molecule has 5 nitrogen and oxygen atoms in total. The van der Waals surface area contributed by atoms with Gasteiger partial charge in [0.1, 0.15) is 12.4 Å².